The van der Waals surface area contributed by atoms with Gasteiger partial charge in [-0.25, -0.2) is 4.79 Å². The monoisotopic (exact) mass is 392 g/mol. The van der Waals surface area contributed by atoms with Gasteiger partial charge in [0.05, 0.1) is 12.7 Å². The lowest BCUT2D eigenvalue weighted by atomic mass is 10.1. The number of halogens is 1. The van der Waals surface area contributed by atoms with Crippen LogP contribution >= 0.6 is 11.6 Å². The van der Waals surface area contributed by atoms with Crippen LogP contribution in [-0.4, -0.2) is 18.9 Å². The van der Waals surface area contributed by atoms with Crippen LogP contribution in [0.3, 0.4) is 0 Å². The third kappa shape index (κ3) is 4.87. The molecule has 0 atom stereocenters. The molecule has 3 rings (SSSR count). The van der Waals surface area contributed by atoms with Crippen LogP contribution in [0.15, 0.2) is 78.9 Å². The maximum Gasteiger partial charge on any atom is 0.343 e. The Balaban J connectivity index is 1.64. The standard InChI is InChI=1S/C23H17ClO4/c1-27-19-11-8-18(9-12-19)23(26)28-20-13-6-17(7-14-20)22(25)15-10-16-4-2-3-5-21(16)24/h2-15H,1H3. The van der Waals surface area contributed by atoms with Gasteiger partial charge >= 0.3 is 5.97 Å². The minimum Gasteiger partial charge on any atom is -0.497 e. The topological polar surface area (TPSA) is 52.6 Å². The summed E-state index contributed by atoms with van der Waals surface area (Å²) in [6.07, 6.45) is 3.13. The van der Waals surface area contributed by atoms with Gasteiger partial charge in [-0.3, -0.25) is 4.79 Å². The Labute approximate surface area is 168 Å². The molecule has 0 saturated carbocycles. The number of esters is 1. The third-order valence-electron chi connectivity index (χ3n) is 3.99. The largest absolute Gasteiger partial charge is 0.497 e. The summed E-state index contributed by atoms with van der Waals surface area (Å²) >= 11 is 6.07. The van der Waals surface area contributed by atoms with Crippen molar-refractivity contribution in [3.05, 3.63) is 101 Å². The molecule has 0 N–H and O–H groups in total. The predicted octanol–water partition coefficient (Wildman–Crippen LogP) is 5.46. The molecule has 0 aliphatic carbocycles. The highest BCUT2D eigenvalue weighted by molar-refractivity contribution is 6.32. The molecule has 0 saturated heterocycles. The first kappa shape index (κ1) is 19.4. The number of allylic oxidation sites excluding steroid dienone is 1. The van der Waals surface area contributed by atoms with Crippen LogP contribution in [0.1, 0.15) is 26.3 Å². The van der Waals surface area contributed by atoms with Gasteiger partial charge in [-0.2, -0.15) is 0 Å². The van der Waals surface area contributed by atoms with Crippen molar-refractivity contribution < 1.29 is 19.1 Å². The van der Waals surface area contributed by atoms with E-state index in [1.54, 1.807) is 67.8 Å². The molecule has 3 aromatic rings. The molecular weight excluding hydrogens is 376 g/mol. The molecule has 0 unspecified atom stereocenters. The Morgan fingerprint density at radius 2 is 1.43 bits per heavy atom. The highest BCUT2D eigenvalue weighted by Gasteiger charge is 2.09. The Morgan fingerprint density at radius 1 is 0.821 bits per heavy atom. The minimum absolute atomic E-state index is 0.173. The second kappa shape index (κ2) is 9.02. The van der Waals surface area contributed by atoms with E-state index < -0.39 is 5.97 Å². The van der Waals surface area contributed by atoms with Crippen molar-refractivity contribution in [1.29, 1.82) is 0 Å². The molecule has 0 bridgehead atoms. The van der Waals surface area contributed by atoms with E-state index in [0.29, 0.717) is 27.6 Å². The van der Waals surface area contributed by atoms with E-state index in [-0.39, 0.29) is 5.78 Å². The summed E-state index contributed by atoms with van der Waals surface area (Å²) in [6, 6.07) is 20.3. The zero-order chi connectivity index (χ0) is 19.9. The number of methoxy groups -OCH3 is 1. The van der Waals surface area contributed by atoms with Gasteiger partial charge in [0.1, 0.15) is 11.5 Å². The molecule has 0 aliphatic heterocycles. The summed E-state index contributed by atoms with van der Waals surface area (Å²) in [5.41, 5.74) is 1.65. The first-order valence-electron chi connectivity index (χ1n) is 8.50. The smallest absolute Gasteiger partial charge is 0.343 e. The third-order valence-corrected chi connectivity index (χ3v) is 4.34. The Kier molecular flexibility index (Phi) is 6.25. The van der Waals surface area contributed by atoms with E-state index in [0.717, 1.165) is 5.56 Å². The van der Waals surface area contributed by atoms with Gasteiger partial charge < -0.3 is 9.47 Å². The lowest BCUT2D eigenvalue weighted by Crippen LogP contribution is -2.08. The predicted molar refractivity (Wildman–Crippen MR) is 109 cm³/mol. The average molecular weight is 393 g/mol. The van der Waals surface area contributed by atoms with Crippen LogP contribution in [-0.2, 0) is 0 Å². The van der Waals surface area contributed by atoms with Crippen molar-refractivity contribution in [1.82, 2.24) is 0 Å². The number of hydrogen-bond acceptors (Lipinski definition) is 4. The van der Waals surface area contributed by atoms with Crippen LogP contribution < -0.4 is 9.47 Å². The molecule has 0 heterocycles. The zero-order valence-corrected chi connectivity index (χ0v) is 15.8. The fraction of sp³-hybridized carbons (Fsp3) is 0.0435. The molecule has 0 amide bonds. The second-order valence-electron chi connectivity index (χ2n) is 5.86. The van der Waals surface area contributed by atoms with Crippen molar-refractivity contribution in [3.63, 3.8) is 0 Å². The Morgan fingerprint density at radius 3 is 2.07 bits per heavy atom. The van der Waals surface area contributed by atoms with Crippen LogP contribution in [0, 0.1) is 0 Å². The Bertz CT molecular complexity index is 1010. The summed E-state index contributed by atoms with van der Waals surface area (Å²) < 4.78 is 10.4. The molecule has 5 heteroatoms. The van der Waals surface area contributed by atoms with E-state index in [9.17, 15) is 9.59 Å². The summed E-state index contributed by atoms with van der Waals surface area (Å²) in [7, 11) is 1.56. The van der Waals surface area contributed by atoms with Gasteiger partial charge in [0.15, 0.2) is 5.78 Å². The van der Waals surface area contributed by atoms with Gasteiger partial charge in [-0.15, -0.1) is 0 Å². The van der Waals surface area contributed by atoms with Crippen LogP contribution in [0.5, 0.6) is 11.5 Å². The molecular formula is C23H17ClO4. The van der Waals surface area contributed by atoms with Gasteiger partial charge in [0.25, 0.3) is 0 Å². The van der Waals surface area contributed by atoms with Gasteiger partial charge in [0.2, 0.25) is 0 Å². The van der Waals surface area contributed by atoms with Crippen LogP contribution in [0.4, 0.5) is 0 Å². The van der Waals surface area contributed by atoms with Gasteiger partial charge in [-0.1, -0.05) is 29.8 Å². The number of hydrogen-bond donors (Lipinski definition) is 0. The fourth-order valence-corrected chi connectivity index (χ4v) is 2.65. The Hall–Kier alpha value is -3.37. The molecule has 0 spiro atoms. The molecule has 3 aromatic carbocycles. The molecule has 0 aliphatic rings. The summed E-state index contributed by atoms with van der Waals surface area (Å²) in [6.45, 7) is 0. The lowest BCUT2D eigenvalue weighted by Gasteiger charge is -2.06. The number of carbonyl (C=O) groups excluding carboxylic acids is 2. The summed E-state index contributed by atoms with van der Waals surface area (Å²) in [5, 5.41) is 0.576. The van der Waals surface area contributed by atoms with E-state index in [1.165, 1.54) is 6.08 Å². The summed E-state index contributed by atoms with van der Waals surface area (Å²) in [4.78, 5) is 24.5. The lowest BCUT2D eigenvalue weighted by molar-refractivity contribution is 0.0734. The van der Waals surface area contributed by atoms with E-state index in [1.807, 2.05) is 18.2 Å². The first-order chi connectivity index (χ1) is 13.6. The van der Waals surface area contributed by atoms with Crippen molar-refractivity contribution in [2.75, 3.05) is 7.11 Å². The molecule has 4 nitrogen and oxygen atoms in total. The number of carbonyl (C=O) groups is 2. The van der Waals surface area contributed by atoms with Crippen LogP contribution in [0.2, 0.25) is 5.02 Å². The molecule has 140 valence electrons. The summed E-state index contributed by atoms with van der Waals surface area (Å²) in [5.74, 6) is 0.352. The van der Waals surface area contributed by atoms with Crippen molar-refractivity contribution in [2.45, 2.75) is 0 Å². The second-order valence-corrected chi connectivity index (χ2v) is 6.27. The number of benzene rings is 3. The van der Waals surface area contributed by atoms with Gasteiger partial charge in [0, 0.05) is 10.6 Å². The maximum atomic E-state index is 12.3. The normalized spacial score (nSPS) is 10.6. The zero-order valence-electron chi connectivity index (χ0n) is 15.1. The van der Waals surface area contributed by atoms with E-state index >= 15 is 0 Å². The SMILES string of the molecule is COc1ccc(C(=O)Oc2ccc(C(=O)C=Cc3ccccc3Cl)cc2)cc1. The quantitative estimate of drug-likeness (QED) is 0.242. The molecule has 0 radical (unpaired) electrons. The maximum absolute atomic E-state index is 12.3. The number of rotatable bonds is 6. The highest BCUT2D eigenvalue weighted by Crippen LogP contribution is 2.19. The fourth-order valence-electron chi connectivity index (χ4n) is 2.45. The average Bonchev–Trinajstić information content (AvgIpc) is 2.73. The van der Waals surface area contributed by atoms with Crippen molar-refractivity contribution in [3.8, 4) is 11.5 Å². The van der Waals surface area contributed by atoms with Crippen LogP contribution in [0.25, 0.3) is 6.08 Å². The first-order valence-corrected chi connectivity index (χ1v) is 8.88. The molecule has 28 heavy (non-hydrogen) atoms. The van der Waals surface area contributed by atoms with Crippen molar-refractivity contribution >= 4 is 29.4 Å². The van der Waals surface area contributed by atoms with E-state index in [4.69, 9.17) is 21.1 Å². The molecule has 0 fully saturated rings. The number of ketones is 1. The number of ether oxygens (including phenoxy) is 2. The highest BCUT2D eigenvalue weighted by atomic mass is 35.5. The van der Waals surface area contributed by atoms with Crippen molar-refractivity contribution in [2.24, 2.45) is 0 Å². The van der Waals surface area contributed by atoms with Gasteiger partial charge in [-0.05, 0) is 72.3 Å². The minimum atomic E-state index is -0.486. The van der Waals surface area contributed by atoms with E-state index in [2.05, 4.69) is 0 Å². The molecule has 0 aromatic heterocycles.